The van der Waals surface area contributed by atoms with Crippen molar-refractivity contribution in [1.29, 1.82) is 0 Å². The molecule has 150 valence electrons. The zero-order valence-corrected chi connectivity index (χ0v) is 15.8. The lowest BCUT2D eigenvalue weighted by Crippen LogP contribution is -2.63. The van der Waals surface area contributed by atoms with E-state index in [0.717, 1.165) is 5.56 Å². The standard InChI is InChI=1S/C20H25N3O5/c1-3-4-10-14(20(27)28-2)21-17(24)12-16-19(26)22-15(18(25)23-16)11-13-8-6-5-7-9-13/h3,5-9,14-16H,1,4,10-12H2,2H3,(H,21,24)(H,22,26)(H,23,25)/t14-,15+,16+/m1/s1. The summed E-state index contributed by atoms with van der Waals surface area (Å²) in [6.07, 6.45) is 2.58. The van der Waals surface area contributed by atoms with Crippen molar-refractivity contribution in [2.24, 2.45) is 0 Å². The molecule has 0 aliphatic carbocycles. The Bertz CT molecular complexity index is 735. The Balaban J connectivity index is 1.91. The predicted molar refractivity (Wildman–Crippen MR) is 102 cm³/mol. The number of rotatable bonds is 9. The molecule has 28 heavy (non-hydrogen) atoms. The van der Waals surface area contributed by atoms with Crippen LogP contribution in [0.15, 0.2) is 43.0 Å². The van der Waals surface area contributed by atoms with E-state index in [0.29, 0.717) is 19.3 Å². The molecule has 0 radical (unpaired) electrons. The number of methoxy groups -OCH3 is 1. The average Bonchev–Trinajstić information content (AvgIpc) is 2.69. The number of amides is 3. The topological polar surface area (TPSA) is 114 Å². The number of nitrogens with one attached hydrogen (secondary N) is 3. The molecule has 0 saturated carbocycles. The third-order valence-electron chi connectivity index (χ3n) is 4.42. The summed E-state index contributed by atoms with van der Waals surface area (Å²) in [5.74, 6) is -1.88. The Labute approximate surface area is 163 Å². The molecule has 8 heteroatoms. The van der Waals surface area contributed by atoms with Crippen molar-refractivity contribution in [3.63, 3.8) is 0 Å². The van der Waals surface area contributed by atoms with Gasteiger partial charge in [-0.1, -0.05) is 36.4 Å². The van der Waals surface area contributed by atoms with Crippen LogP contribution in [0.25, 0.3) is 0 Å². The first-order valence-electron chi connectivity index (χ1n) is 9.07. The minimum Gasteiger partial charge on any atom is -0.467 e. The summed E-state index contributed by atoms with van der Waals surface area (Å²) in [6, 6.07) is 6.81. The van der Waals surface area contributed by atoms with Gasteiger partial charge in [-0.15, -0.1) is 6.58 Å². The fraction of sp³-hybridized carbons (Fsp3) is 0.400. The van der Waals surface area contributed by atoms with Crippen molar-refractivity contribution >= 4 is 23.7 Å². The summed E-state index contributed by atoms with van der Waals surface area (Å²) in [6.45, 7) is 3.58. The molecule has 0 aromatic heterocycles. The van der Waals surface area contributed by atoms with E-state index in [1.807, 2.05) is 30.3 Å². The summed E-state index contributed by atoms with van der Waals surface area (Å²) < 4.78 is 4.67. The van der Waals surface area contributed by atoms with E-state index >= 15 is 0 Å². The lowest BCUT2D eigenvalue weighted by atomic mass is 10.0. The van der Waals surface area contributed by atoms with Crippen molar-refractivity contribution in [3.05, 3.63) is 48.6 Å². The fourth-order valence-electron chi connectivity index (χ4n) is 2.93. The Kier molecular flexibility index (Phi) is 7.74. The summed E-state index contributed by atoms with van der Waals surface area (Å²) in [4.78, 5) is 48.6. The van der Waals surface area contributed by atoms with Crippen molar-refractivity contribution < 1.29 is 23.9 Å². The second-order valence-corrected chi connectivity index (χ2v) is 6.53. The normalized spacial score (nSPS) is 19.8. The number of esters is 1. The Morgan fingerprint density at radius 3 is 2.46 bits per heavy atom. The highest BCUT2D eigenvalue weighted by Crippen LogP contribution is 2.09. The molecule has 0 unspecified atom stereocenters. The highest BCUT2D eigenvalue weighted by Gasteiger charge is 2.35. The Hall–Kier alpha value is -3.16. The number of hydrogen-bond acceptors (Lipinski definition) is 5. The maximum Gasteiger partial charge on any atom is 0.328 e. The van der Waals surface area contributed by atoms with Gasteiger partial charge in [0.15, 0.2) is 0 Å². The van der Waals surface area contributed by atoms with Gasteiger partial charge in [0, 0.05) is 6.42 Å². The van der Waals surface area contributed by atoms with Crippen LogP contribution in [0.5, 0.6) is 0 Å². The Morgan fingerprint density at radius 2 is 1.82 bits per heavy atom. The molecule has 8 nitrogen and oxygen atoms in total. The first kappa shape index (κ1) is 21.1. The van der Waals surface area contributed by atoms with Gasteiger partial charge >= 0.3 is 5.97 Å². The predicted octanol–water partition coefficient (Wildman–Crippen LogP) is 0.226. The Morgan fingerprint density at radius 1 is 1.18 bits per heavy atom. The molecule has 0 bridgehead atoms. The summed E-state index contributed by atoms with van der Waals surface area (Å²) in [7, 11) is 1.23. The van der Waals surface area contributed by atoms with Gasteiger partial charge in [-0.3, -0.25) is 14.4 Å². The lowest BCUT2D eigenvalue weighted by Gasteiger charge is -2.29. The lowest BCUT2D eigenvalue weighted by molar-refractivity contribution is -0.145. The maximum atomic E-state index is 12.3. The molecule has 0 spiro atoms. The molecule has 3 N–H and O–H groups in total. The van der Waals surface area contributed by atoms with Gasteiger partial charge in [0.05, 0.1) is 13.5 Å². The maximum absolute atomic E-state index is 12.3. The molecule has 1 heterocycles. The van der Waals surface area contributed by atoms with Crippen LogP contribution in [-0.4, -0.2) is 48.9 Å². The second kappa shape index (κ2) is 10.2. The summed E-state index contributed by atoms with van der Waals surface area (Å²) in [5.41, 5.74) is 0.919. The van der Waals surface area contributed by atoms with Crippen LogP contribution in [0.1, 0.15) is 24.8 Å². The zero-order valence-electron chi connectivity index (χ0n) is 15.8. The summed E-state index contributed by atoms with van der Waals surface area (Å²) >= 11 is 0. The van der Waals surface area contributed by atoms with E-state index in [9.17, 15) is 19.2 Å². The van der Waals surface area contributed by atoms with E-state index in [4.69, 9.17) is 0 Å². The summed E-state index contributed by atoms with van der Waals surface area (Å²) in [5, 5.41) is 7.78. The van der Waals surface area contributed by atoms with Crippen molar-refractivity contribution in [2.45, 2.75) is 43.8 Å². The van der Waals surface area contributed by atoms with E-state index in [1.165, 1.54) is 7.11 Å². The third-order valence-corrected chi connectivity index (χ3v) is 4.42. The minimum absolute atomic E-state index is 0.267. The number of allylic oxidation sites excluding steroid dienone is 1. The van der Waals surface area contributed by atoms with E-state index in [2.05, 4.69) is 27.3 Å². The number of piperazine rings is 1. The number of benzene rings is 1. The number of carbonyl (C=O) groups excluding carboxylic acids is 4. The van der Waals surface area contributed by atoms with Crippen LogP contribution in [-0.2, 0) is 30.3 Å². The van der Waals surface area contributed by atoms with E-state index in [1.54, 1.807) is 6.08 Å². The van der Waals surface area contributed by atoms with Crippen LogP contribution >= 0.6 is 0 Å². The van der Waals surface area contributed by atoms with Crippen LogP contribution in [0.2, 0.25) is 0 Å². The quantitative estimate of drug-likeness (QED) is 0.415. The van der Waals surface area contributed by atoms with Gasteiger partial charge < -0.3 is 20.7 Å². The monoisotopic (exact) mass is 387 g/mol. The highest BCUT2D eigenvalue weighted by atomic mass is 16.5. The van der Waals surface area contributed by atoms with Crippen molar-refractivity contribution in [1.82, 2.24) is 16.0 Å². The van der Waals surface area contributed by atoms with Crippen molar-refractivity contribution in [3.8, 4) is 0 Å². The minimum atomic E-state index is -0.989. The molecular weight excluding hydrogens is 362 g/mol. The number of ether oxygens (including phenoxy) is 1. The first-order valence-corrected chi connectivity index (χ1v) is 9.07. The second-order valence-electron chi connectivity index (χ2n) is 6.53. The third kappa shape index (κ3) is 5.94. The number of hydrogen-bond donors (Lipinski definition) is 3. The van der Waals surface area contributed by atoms with Crippen molar-refractivity contribution in [2.75, 3.05) is 7.11 Å². The molecule has 1 saturated heterocycles. The average molecular weight is 387 g/mol. The van der Waals surface area contributed by atoms with Crippen LogP contribution in [0.4, 0.5) is 0 Å². The van der Waals surface area contributed by atoms with E-state index < -0.39 is 35.9 Å². The fourth-order valence-corrected chi connectivity index (χ4v) is 2.93. The SMILES string of the molecule is C=CCC[C@@H](NC(=O)C[C@@H]1NC(=O)[C@H](Cc2ccccc2)NC1=O)C(=O)OC. The number of carbonyl (C=O) groups is 4. The van der Waals surface area contributed by atoms with Gasteiger partial charge in [0.1, 0.15) is 18.1 Å². The van der Waals surface area contributed by atoms with Crippen LogP contribution in [0.3, 0.4) is 0 Å². The smallest absolute Gasteiger partial charge is 0.328 e. The first-order chi connectivity index (χ1) is 13.4. The molecule has 1 aliphatic rings. The molecular formula is C20H25N3O5. The molecule has 1 aromatic rings. The van der Waals surface area contributed by atoms with Gasteiger partial charge in [-0.05, 0) is 18.4 Å². The molecule has 1 aromatic carbocycles. The van der Waals surface area contributed by atoms with Gasteiger partial charge in [-0.25, -0.2) is 4.79 Å². The van der Waals surface area contributed by atoms with Gasteiger partial charge in [-0.2, -0.15) is 0 Å². The van der Waals surface area contributed by atoms with Crippen LogP contribution < -0.4 is 16.0 Å². The molecule has 3 atom stereocenters. The molecule has 3 amide bonds. The molecule has 1 fully saturated rings. The van der Waals surface area contributed by atoms with Gasteiger partial charge in [0.25, 0.3) is 0 Å². The van der Waals surface area contributed by atoms with Crippen LogP contribution in [0, 0.1) is 0 Å². The molecule has 1 aliphatic heterocycles. The zero-order chi connectivity index (χ0) is 20.5. The largest absolute Gasteiger partial charge is 0.467 e. The van der Waals surface area contributed by atoms with E-state index in [-0.39, 0.29) is 12.3 Å². The van der Waals surface area contributed by atoms with Gasteiger partial charge in [0.2, 0.25) is 17.7 Å². The molecule has 2 rings (SSSR count). The highest BCUT2D eigenvalue weighted by molar-refractivity contribution is 5.99.